The maximum Gasteiger partial charge on any atom is 0.304 e. The van der Waals surface area contributed by atoms with Crippen molar-refractivity contribution >= 4 is 11.8 Å². The summed E-state index contributed by atoms with van der Waals surface area (Å²) in [4.78, 5) is 26.6. The third-order valence-corrected chi connectivity index (χ3v) is 2.45. The quantitative estimate of drug-likeness (QED) is 0.772. The van der Waals surface area contributed by atoms with Crippen LogP contribution >= 0.6 is 0 Å². The molecular weight excluding hydrogens is 206 g/mol. The summed E-state index contributed by atoms with van der Waals surface area (Å²) >= 11 is 0. The summed E-state index contributed by atoms with van der Waals surface area (Å²) in [7, 11) is 0. The summed E-state index contributed by atoms with van der Waals surface area (Å²) in [6.45, 7) is 3.68. The third-order valence-electron chi connectivity index (χ3n) is 2.45. The van der Waals surface area contributed by atoms with Crippen LogP contribution < -0.4 is 0 Å². The molecule has 4 heteroatoms. The number of rotatable bonds is 5. The minimum Gasteiger partial charge on any atom is -0.481 e. The fraction of sp³-hybridized carbons (Fsp3) is 0.417. The predicted octanol–water partition coefficient (Wildman–Crippen LogP) is 2.01. The molecule has 86 valence electrons. The smallest absolute Gasteiger partial charge is 0.304 e. The zero-order chi connectivity index (χ0) is 12.1. The van der Waals surface area contributed by atoms with Crippen LogP contribution in [-0.2, 0) is 4.79 Å². The second-order valence-corrected chi connectivity index (χ2v) is 4.03. The van der Waals surface area contributed by atoms with Crippen LogP contribution in [0.2, 0.25) is 0 Å². The van der Waals surface area contributed by atoms with E-state index in [4.69, 9.17) is 5.11 Å². The molecule has 0 saturated heterocycles. The van der Waals surface area contributed by atoms with Gasteiger partial charge in [-0.1, -0.05) is 19.9 Å². The molecule has 0 radical (unpaired) electrons. The molecule has 1 unspecified atom stereocenters. The van der Waals surface area contributed by atoms with Crippen LogP contribution in [0, 0.1) is 11.8 Å². The van der Waals surface area contributed by atoms with E-state index < -0.39 is 11.9 Å². The lowest BCUT2D eigenvalue weighted by molar-refractivity contribution is -0.138. The SMILES string of the molecule is CC(C)C(CC(=O)O)C(=O)c1ccccn1. The number of aromatic nitrogens is 1. The number of ketones is 1. The van der Waals surface area contributed by atoms with Crippen LogP contribution in [0.5, 0.6) is 0 Å². The minimum atomic E-state index is -0.956. The second kappa shape index (κ2) is 5.39. The highest BCUT2D eigenvalue weighted by Crippen LogP contribution is 2.19. The number of aliphatic carboxylic acids is 1. The first kappa shape index (κ1) is 12.4. The van der Waals surface area contributed by atoms with Crippen molar-refractivity contribution in [1.29, 1.82) is 0 Å². The van der Waals surface area contributed by atoms with E-state index >= 15 is 0 Å². The van der Waals surface area contributed by atoms with Gasteiger partial charge in [0.25, 0.3) is 0 Å². The van der Waals surface area contributed by atoms with Crippen molar-refractivity contribution in [2.45, 2.75) is 20.3 Å². The van der Waals surface area contributed by atoms with E-state index in [0.717, 1.165) is 0 Å². The van der Waals surface area contributed by atoms with Gasteiger partial charge in [-0.05, 0) is 18.1 Å². The van der Waals surface area contributed by atoms with E-state index in [-0.39, 0.29) is 18.1 Å². The van der Waals surface area contributed by atoms with Gasteiger partial charge in [-0.2, -0.15) is 0 Å². The van der Waals surface area contributed by atoms with Gasteiger partial charge in [0, 0.05) is 12.1 Å². The molecule has 0 saturated carbocycles. The summed E-state index contributed by atoms with van der Waals surface area (Å²) in [6, 6.07) is 5.05. The minimum absolute atomic E-state index is 0.00870. The first-order valence-electron chi connectivity index (χ1n) is 5.19. The highest BCUT2D eigenvalue weighted by Gasteiger charge is 2.26. The molecule has 16 heavy (non-hydrogen) atoms. The van der Waals surface area contributed by atoms with Gasteiger partial charge < -0.3 is 5.11 Å². The van der Waals surface area contributed by atoms with E-state index in [1.807, 2.05) is 13.8 Å². The summed E-state index contributed by atoms with van der Waals surface area (Å²) in [5.74, 6) is -1.67. The zero-order valence-corrected chi connectivity index (χ0v) is 9.38. The van der Waals surface area contributed by atoms with Gasteiger partial charge in [-0.3, -0.25) is 14.6 Å². The van der Waals surface area contributed by atoms with Gasteiger partial charge >= 0.3 is 5.97 Å². The van der Waals surface area contributed by atoms with Gasteiger partial charge in [0.15, 0.2) is 5.78 Å². The standard InChI is InChI=1S/C12H15NO3/c1-8(2)9(7-11(14)15)12(16)10-5-3-4-6-13-10/h3-6,8-9H,7H2,1-2H3,(H,14,15). The number of carbonyl (C=O) groups excluding carboxylic acids is 1. The lowest BCUT2D eigenvalue weighted by Crippen LogP contribution is -2.24. The maximum atomic E-state index is 12.0. The van der Waals surface area contributed by atoms with Crippen LogP contribution in [0.4, 0.5) is 0 Å². The zero-order valence-electron chi connectivity index (χ0n) is 9.38. The number of carboxylic acid groups (broad SMARTS) is 1. The molecule has 1 N–H and O–H groups in total. The fourth-order valence-electron chi connectivity index (χ4n) is 1.52. The average Bonchev–Trinajstić information content (AvgIpc) is 2.25. The van der Waals surface area contributed by atoms with E-state index in [9.17, 15) is 9.59 Å². The predicted molar refractivity (Wildman–Crippen MR) is 59.1 cm³/mol. The second-order valence-electron chi connectivity index (χ2n) is 4.03. The molecule has 0 spiro atoms. The number of hydrogen-bond acceptors (Lipinski definition) is 3. The topological polar surface area (TPSA) is 67.3 Å². The van der Waals surface area contributed by atoms with Crippen LogP contribution in [0.3, 0.4) is 0 Å². The van der Waals surface area contributed by atoms with Crippen LogP contribution in [0.15, 0.2) is 24.4 Å². The molecule has 1 aromatic rings. The monoisotopic (exact) mass is 221 g/mol. The average molecular weight is 221 g/mol. The van der Waals surface area contributed by atoms with Gasteiger partial charge in [-0.25, -0.2) is 0 Å². The number of pyridine rings is 1. The molecule has 1 atom stereocenters. The van der Waals surface area contributed by atoms with Crippen LogP contribution in [0.1, 0.15) is 30.8 Å². The van der Waals surface area contributed by atoms with E-state index in [2.05, 4.69) is 4.98 Å². The highest BCUT2D eigenvalue weighted by atomic mass is 16.4. The maximum absolute atomic E-state index is 12.0. The Morgan fingerprint density at radius 3 is 2.50 bits per heavy atom. The normalized spacial score (nSPS) is 12.4. The van der Waals surface area contributed by atoms with Crippen molar-refractivity contribution in [2.24, 2.45) is 11.8 Å². The molecular formula is C12H15NO3. The molecule has 0 fully saturated rings. The molecule has 1 heterocycles. The molecule has 0 amide bonds. The molecule has 1 rings (SSSR count). The van der Waals surface area contributed by atoms with Crippen molar-refractivity contribution in [1.82, 2.24) is 4.98 Å². The molecule has 0 aliphatic heterocycles. The Balaban J connectivity index is 2.88. The Labute approximate surface area is 94.3 Å². The van der Waals surface area contributed by atoms with Crippen molar-refractivity contribution < 1.29 is 14.7 Å². The third kappa shape index (κ3) is 3.15. The molecule has 0 aromatic carbocycles. The van der Waals surface area contributed by atoms with Crippen LogP contribution in [-0.4, -0.2) is 21.8 Å². The number of nitrogens with zero attached hydrogens (tertiary/aromatic N) is 1. The number of Topliss-reactive ketones (excluding diaryl/α,β-unsaturated/α-hetero) is 1. The van der Waals surface area contributed by atoms with Crippen molar-refractivity contribution in [3.63, 3.8) is 0 Å². The van der Waals surface area contributed by atoms with Crippen molar-refractivity contribution in [3.05, 3.63) is 30.1 Å². The van der Waals surface area contributed by atoms with Gasteiger partial charge in [0.1, 0.15) is 5.69 Å². The lowest BCUT2D eigenvalue weighted by atomic mass is 9.87. The Morgan fingerprint density at radius 1 is 1.38 bits per heavy atom. The first-order valence-corrected chi connectivity index (χ1v) is 5.19. The van der Waals surface area contributed by atoms with E-state index in [1.54, 1.807) is 18.2 Å². The summed E-state index contributed by atoms with van der Waals surface area (Å²) in [6.07, 6.45) is 1.39. The number of hydrogen-bond donors (Lipinski definition) is 1. The van der Waals surface area contributed by atoms with Gasteiger partial charge in [0.05, 0.1) is 6.42 Å². The van der Waals surface area contributed by atoms with Crippen LogP contribution in [0.25, 0.3) is 0 Å². The fourth-order valence-corrected chi connectivity index (χ4v) is 1.52. The van der Waals surface area contributed by atoms with E-state index in [1.165, 1.54) is 6.20 Å². The number of carboxylic acids is 1. The molecule has 0 aliphatic carbocycles. The molecule has 0 aliphatic rings. The number of carbonyl (C=O) groups is 2. The van der Waals surface area contributed by atoms with E-state index in [0.29, 0.717) is 5.69 Å². The molecule has 0 bridgehead atoms. The van der Waals surface area contributed by atoms with Crippen molar-refractivity contribution in [3.8, 4) is 0 Å². The van der Waals surface area contributed by atoms with Gasteiger partial charge in [-0.15, -0.1) is 0 Å². The Bertz CT molecular complexity index is 373. The Kier molecular flexibility index (Phi) is 4.17. The molecule has 4 nitrogen and oxygen atoms in total. The summed E-state index contributed by atoms with van der Waals surface area (Å²) in [5, 5.41) is 8.76. The highest BCUT2D eigenvalue weighted by molar-refractivity contribution is 5.97. The summed E-state index contributed by atoms with van der Waals surface area (Å²) < 4.78 is 0. The first-order chi connectivity index (χ1) is 7.52. The van der Waals surface area contributed by atoms with Crippen molar-refractivity contribution in [2.75, 3.05) is 0 Å². The summed E-state index contributed by atoms with van der Waals surface area (Å²) in [5.41, 5.74) is 0.336. The lowest BCUT2D eigenvalue weighted by Gasteiger charge is -2.16. The largest absolute Gasteiger partial charge is 0.481 e. The van der Waals surface area contributed by atoms with Gasteiger partial charge in [0.2, 0.25) is 0 Å². The Morgan fingerprint density at radius 2 is 2.06 bits per heavy atom. The Hall–Kier alpha value is -1.71. The molecule has 1 aromatic heterocycles.